The van der Waals surface area contributed by atoms with E-state index in [1.165, 1.54) is 11.1 Å². The Morgan fingerprint density at radius 2 is 2.15 bits per heavy atom. The van der Waals surface area contributed by atoms with Gasteiger partial charge in [0.25, 0.3) is 0 Å². The minimum absolute atomic E-state index is 0.291. The van der Waals surface area contributed by atoms with Crippen LogP contribution >= 0.6 is 11.9 Å². The van der Waals surface area contributed by atoms with Gasteiger partial charge >= 0.3 is 0 Å². The topological polar surface area (TPSA) is 78.5 Å². The Balaban J connectivity index is 1.75. The molecule has 1 fully saturated rings. The predicted octanol–water partition coefficient (Wildman–Crippen LogP) is 2.74. The van der Waals surface area contributed by atoms with Crippen molar-refractivity contribution in [3.63, 3.8) is 0 Å². The second kappa shape index (κ2) is 9.40. The molecule has 7 nitrogen and oxygen atoms in total. The van der Waals surface area contributed by atoms with Crippen molar-refractivity contribution < 1.29 is 4.74 Å². The standard InChI is InChI=1S/C19H24N6OS/c1-15-6-8-16(9-7-15)10-11-22-23-19(20)25(24-13-21-14-27-24)17-4-3-5-18(12-17)26-2/h3-9,11-12,21H,10,13-14H2,1-2H3,(H2,20,23)/b22-11+. The Kier molecular flexibility index (Phi) is 6.69. The lowest BCUT2D eigenvalue weighted by atomic mass is 10.1. The molecule has 142 valence electrons. The average Bonchev–Trinajstić information content (AvgIpc) is 3.21. The van der Waals surface area contributed by atoms with Crippen molar-refractivity contribution in [2.24, 2.45) is 15.9 Å². The highest BCUT2D eigenvalue weighted by Crippen LogP contribution is 2.26. The fourth-order valence-electron chi connectivity index (χ4n) is 2.57. The van der Waals surface area contributed by atoms with Gasteiger partial charge in [-0.2, -0.15) is 5.10 Å². The highest BCUT2D eigenvalue weighted by Gasteiger charge is 2.24. The van der Waals surface area contributed by atoms with Gasteiger partial charge in [-0.1, -0.05) is 35.9 Å². The first-order chi connectivity index (χ1) is 13.2. The number of hydrazine groups is 1. The van der Waals surface area contributed by atoms with Crippen molar-refractivity contribution in [3.8, 4) is 5.75 Å². The van der Waals surface area contributed by atoms with Crippen molar-refractivity contribution in [2.45, 2.75) is 13.3 Å². The maximum absolute atomic E-state index is 6.26. The molecule has 0 aliphatic carbocycles. The molecule has 0 amide bonds. The summed E-state index contributed by atoms with van der Waals surface area (Å²) in [7, 11) is 1.64. The minimum Gasteiger partial charge on any atom is -0.497 e. The summed E-state index contributed by atoms with van der Waals surface area (Å²) in [6, 6.07) is 16.0. The molecule has 2 aromatic carbocycles. The zero-order valence-electron chi connectivity index (χ0n) is 15.5. The van der Waals surface area contributed by atoms with E-state index in [1.807, 2.05) is 33.7 Å². The number of guanidine groups is 1. The monoisotopic (exact) mass is 384 g/mol. The molecule has 2 aromatic rings. The fraction of sp³-hybridized carbons (Fsp3) is 0.263. The van der Waals surface area contributed by atoms with Crippen molar-refractivity contribution in [1.82, 2.24) is 9.73 Å². The molecule has 0 spiro atoms. The molecule has 8 heteroatoms. The van der Waals surface area contributed by atoms with E-state index in [-0.39, 0.29) is 0 Å². The van der Waals surface area contributed by atoms with E-state index < -0.39 is 0 Å². The molecule has 0 bridgehead atoms. The van der Waals surface area contributed by atoms with Crippen molar-refractivity contribution in [2.75, 3.05) is 24.7 Å². The maximum atomic E-state index is 6.26. The van der Waals surface area contributed by atoms with Gasteiger partial charge in [-0.25, -0.2) is 5.01 Å². The zero-order chi connectivity index (χ0) is 19.1. The number of hydrogen-bond acceptors (Lipinski definition) is 6. The Hall–Kier alpha value is -2.55. The Morgan fingerprint density at radius 3 is 2.85 bits per heavy atom. The smallest absolute Gasteiger partial charge is 0.236 e. The van der Waals surface area contributed by atoms with Crippen LogP contribution in [0.5, 0.6) is 5.75 Å². The fourth-order valence-corrected chi connectivity index (χ4v) is 3.37. The summed E-state index contributed by atoms with van der Waals surface area (Å²) >= 11 is 1.62. The van der Waals surface area contributed by atoms with Gasteiger partial charge in [0, 0.05) is 18.7 Å². The van der Waals surface area contributed by atoms with E-state index in [2.05, 4.69) is 46.7 Å². The highest BCUT2D eigenvalue weighted by molar-refractivity contribution is 7.97. The number of ether oxygens (including phenoxy) is 1. The molecule has 3 N–H and O–H groups in total. The number of nitrogens with one attached hydrogen (secondary N) is 1. The number of methoxy groups -OCH3 is 1. The van der Waals surface area contributed by atoms with Gasteiger partial charge in [-0.15, -0.1) is 9.52 Å². The number of nitrogens with two attached hydrogens (primary N) is 1. The van der Waals surface area contributed by atoms with Crippen LogP contribution in [0.2, 0.25) is 0 Å². The third kappa shape index (κ3) is 5.22. The van der Waals surface area contributed by atoms with E-state index in [4.69, 9.17) is 10.5 Å². The number of hydrogen-bond donors (Lipinski definition) is 2. The van der Waals surface area contributed by atoms with Gasteiger partial charge in [0.15, 0.2) is 0 Å². The lowest BCUT2D eigenvalue weighted by Gasteiger charge is -2.30. The largest absolute Gasteiger partial charge is 0.497 e. The summed E-state index contributed by atoms with van der Waals surface area (Å²) in [5, 5.41) is 13.5. The molecule has 0 atom stereocenters. The number of aryl methyl sites for hydroxylation is 1. The van der Waals surface area contributed by atoms with Crippen molar-refractivity contribution >= 4 is 29.8 Å². The van der Waals surface area contributed by atoms with Crippen molar-refractivity contribution in [3.05, 3.63) is 59.7 Å². The summed E-state index contributed by atoms with van der Waals surface area (Å²) in [4.78, 5) is 0. The summed E-state index contributed by atoms with van der Waals surface area (Å²) < 4.78 is 7.33. The number of rotatable bonds is 6. The van der Waals surface area contributed by atoms with Crippen molar-refractivity contribution in [1.29, 1.82) is 0 Å². The summed E-state index contributed by atoms with van der Waals surface area (Å²) in [5.41, 5.74) is 9.54. The molecule has 27 heavy (non-hydrogen) atoms. The lowest BCUT2D eigenvalue weighted by molar-refractivity contribution is 0.414. The van der Waals surface area contributed by atoms with Crippen LogP contribution in [0, 0.1) is 6.92 Å². The van der Waals surface area contributed by atoms with E-state index in [1.54, 1.807) is 25.3 Å². The normalized spacial score (nSPS) is 15.4. The molecular formula is C19H24N6OS. The minimum atomic E-state index is 0.291. The lowest BCUT2D eigenvalue weighted by Crippen LogP contribution is -2.47. The first kappa shape index (κ1) is 19.2. The quantitative estimate of drug-likeness (QED) is 0.345. The molecule has 0 unspecified atom stereocenters. The molecule has 3 rings (SSSR count). The summed E-state index contributed by atoms with van der Waals surface area (Å²) in [6.45, 7) is 2.73. The average molecular weight is 385 g/mol. The number of anilines is 1. The van der Waals surface area contributed by atoms with Gasteiger partial charge in [-0.3, -0.25) is 5.32 Å². The highest BCUT2D eigenvalue weighted by atomic mass is 32.2. The van der Waals surface area contributed by atoms with Crippen LogP contribution in [0.1, 0.15) is 11.1 Å². The van der Waals surface area contributed by atoms with Crippen LogP contribution in [0.4, 0.5) is 5.69 Å². The third-order valence-electron chi connectivity index (χ3n) is 3.99. The van der Waals surface area contributed by atoms with E-state index in [9.17, 15) is 0 Å². The van der Waals surface area contributed by atoms with E-state index in [0.29, 0.717) is 19.0 Å². The summed E-state index contributed by atoms with van der Waals surface area (Å²) in [6.07, 6.45) is 2.47. The zero-order valence-corrected chi connectivity index (χ0v) is 16.3. The molecule has 0 saturated carbocycles. The Labute approximate surface area is 164 Å². The van der Waals surface area contributed by atoms with E-state index in [0.717, 1.165) is 17.3 Å². The van der Waals surface area contributed by atoms with Crippen LogP contribution in [0.25, 0.3) is 0 Å². The molecule has 1 saturated heterocycles. The van der Waals surface area contributed by atoms with Crippen LogP contribution < -0.4 is 20.8 Å². The maximum Gasteiger partial charge on any atom is 0.236 e. The Morgan fingerprint density at radius 1 is 1.33 bits per heavy atom. The Bertz CT molecular complexity index is 802. The second-order valence-electron chi connectivity index (χ2n) is 5.99. The molecular weight excluding hydrogens is 360 g/mol. The van der Waals surface area contributed by atoms with Gasteiger partial charge in [0.05, 0.1) is 25.3 Å². The third-order valence-corrected chi connectivity index (χ3v) is 4.91. The molecule has 0 radical (unpaired) electrons. The van der Waals surface area contributed by atoms with Gasteiger partial charge in [0.2, 0.25) is 5.96 Å². The summed E-state index contributed by atoms with van der Waals surface area (Å²) in [5.74, 6) is 1.86. The van der Waals surface area contributed by atoms with E-state index >= 15 is 0 Å². The first-order valence-electron chi connectivity index (χ1n) is 8.63. The van der Waals surface area contributed by atoms with Gasteiger partial charge in [0.1, 0.15) is 5.75 Å². The van der Waals surface area contributed by atoms with Gasteiger partial charge < -0.3 is 10.5 Å². The molecule has 1 aliphatic rings. The van der Waals surface area contributed by atoms with Crippen LogP contribution in [0.3, 0.4) is 0 Å². The number of benzene rings is 2. The van der Waals surface area contributed by atoms with Gasteiger partial charge in [-0.05, 0) is 36.6 Å². The molecule has 0 aromatic heterocycles. The predicted molar refractivity (Wildman–Crippen MR) is 113 cm³/mol. The van der Waals surface area contributed by atoms with Crippen LogP contribution in [-0.4, -0.2) is 36.2 Å². The number of nitrogens with zero attached hydrogens (tertiary/aromatic N) is 4. The molecule has 1 aliphatic heterocycles. The first-order valence-corrected chi connectivity index (χ1v) is 9.57. The SMILES string of the molecule is COc1cccc(N(/C(N)=N/N=C/Cc2ccc(C)cc2)N2CNCS2)c1. The second-order valence-corrected chi connectivity index (χ2v) is 6.96. The van der Waals surface area contributed by atoms with Crippen LogP contribution in [-0.2, 0) is 6.42 Å². The van der Waals surface area contributed by atoms with Crippen LogP contribution in [0.15, 0.2) is 58.7 Å². The molecule has 1 heterocycles.